The van der Waals surface area contributed by atoms with Crippen LogP contribution < -0.4 is 0 Å². The molecule has 1 amide bonds. The van der Waals surface area contributed by atoms with Crippen LogP contribution in [0.3, 0.4) is 0 Å². The average molecular weight is 390 g/mol. The summed E-state index contributed by atoms with van der Waals surface area (Å²) in [4.78, 5) is 19.1. The number of hydrogen-bond acceptors (Lipinski definition) is 4. The summed E-state index contributed by atoms with van der Waals surface area (Å²) in [5, 5.41) is 4.25. The number of pyridine rings is 1. The molecule has 7 heteroatoms. The normalized spacial score (nSPS) is 10.8. The second-order valence-electron chi connectivity index (χ2n) is 6.61. The molecule has 0 saturated carbocycles. The number of furan rings is 1. The second-order valence-corrected chi connectivity index (χ2v) is 6.61. The van der Waals surface area contributed by atoms with Crippen LogP contribution in [0.15, 0.2) is 77.8 Å². The molecule has 6 nitrogen and oxygen atoms in total. The minimum atomic E-state index is -0.402. The molecular formula is C22H19FN4O2. The van der Waals surface area contributed by atoms with Gasteiger partial charge in [0.15, 0.2) is 0 Å². The lowest BCUT2D eigenvalue weighted by atomic mass is 10.2. The van der Waals surface area contributed by atoms with E-state index >= 15 is 0 Å². The molecule has 29 heavy (non-hydrogen) atoms. The van der Waals surface area contributed by atoms with Gasteiger partial charge in [-0.3, -0.25) is 9.78 Å². The first-order valence-electron chi connectivity index (χ1n) is 9.13. The fourth-order valence-corrected chi connectivity index (χ4v) is 3.16. The maximum atomic E-state index is 14.2. The van der Waals surface area contributed by atoms with Gasteiger partial charge in [-0.15, -0.1) is 0 Å². The third-order valence-electron chi connectivity index (χ3n) is 4.63. The van der Waals surface area contributed by atoms with Gasteiger partial charge in [0.2, 0.25) is 0 Å². The first kappa shape index (κ1) is 18.6. The van der Waals surface area contributed by atoms with Gasteiger partial charge >= 0.3 is 0 Å². The fourth-order valence-electron chi connectivity index (χ4n) is 3.16. The number of carbonyl (C=O) groups excluding carboxylic acids is 1. The van der Waals surface area contributed by atoms with Gasteiger partial charge in [-0.2, -0.15) is 5.10 Å². The summed E-state index contributed by atoms with van der Waals surface area (Å²) < 4.78 is 21.1. The molecule has 0 unspecified atom stereocenters. The number of para-hydroxylation sites is 1. The van der Waals surface area contributed by atoms with E-state index in [4.69, 9.17) is 4.42 Å². The average Bonchev–Trinajstić information content (AvgIpc) is 3.38. The van der Waals surface area contributed by atoms with Gasteiger partial charge in [0.05, 0.1) is 30.3 Å². The van der Waals surface area contributed by atoms with E-state index in [1.54, 1.807) is 54.7 Å². The molecule has 0 bridgehead atoms. The number of hydrogen-bond donors (Lipinski definition) is 0. The predicted molar refractivity (Wildman–Crippen MR) is 105 cm³/mol. The third kappa shape index (κ3) is 3.94. The van der Waals surface area contributed by atoms with Crippen molar-refractivity contribution < 1.29 is 13.6 Å². The number of benzene rings is 1. The van der Waals surface area contributed by atoms with Crippen LogP contribution in [0.1, 0.15) is 27.4 Å². The first-order chi connectivity index (χ1) is 14.1. The quantitative estimate of drug-likeness (QED) is 0.496. The van der Waals surface area contributed by atoms with Crippen LogP contribution in [0.5, 0.6) is 0 Å². The molecule has 0 aliphatic heterocycles. The second kappa shape index (κ2) is 8.10. The first-order valence-corrected chi connectivity index (χ1v) is 9.13. The van der Waals surface area contributed by atoms with Crippen molar-refractivity contribution in [1.82, 2.24) is 19.7 Å². The highest BCUT2D eigenvalue weighted by molar-refractivity contribution is 5.95. The molecule has 0 aliphatic rings. The van der Waals surface area contributed by atoms with E-state index in [1.165, 1.54) is 16.9 Å². The predicted octanol–water partition coefficient (Wildman–Crippen LogP) is 4.15. The zero-order valence-electron chi connectivity index (χ0n) is 15.8. The van der Waals surface area contributed by atoms with Crippen LogP contribution >= 0.6 is 0 Å². The standard InChI is InChI=1S/C22H19FN4O2/c1-16-19(13-25-27(16)21-9-3-2-8-20(21)23)22(28)26(15-18-7-5-11-29-18)14-17-6-4-10-24-12-17/h2-13H,14-15H2,1H3. The van der Waals surface area contributed by atoms with E-state index < -0.39 is 5.82 Å². The van der Waals surface area contributed by atoms with E-state index in [0.717, 1.165) is 5.56 Å². The SMILES string of the molecule is Cc1c(C(=O)N(Cc2cccnc2)Cc2ccco2)cnn1-c1ccccc1F. The highest BCUT2D eigenvalue weighted by Gasteiger charge is 2.23. The molecule has 146 valence electrons. The van der Waals surface area contributed by atoms with E-state index in [0.29, 0.717) is 35.8 Å². The Kier molecular flexibility index (Phi) is 5.20. The minimum Gasteiger partial charge on any atom is -0.467 e. The number of rotatable bonds is 6. The van der Waals surface area contributed by atoms with Crippen molar-refractivity contribution in [3.05, 3.63) is 102 Å². The maximum Gasteiger partial charge on any atom is 0.258 e. The van der Waals surface area contributed by atoms with Gasteiger partial charge in [-0.25, -0.2) is 9.07 Å². The van der Waals surface area contributed by atoms with Crippen molar-refractivity contribution in [3.8, 4) is 5.69 Å². The highest BCUT2D eigenvalue weighted by atomic mass is 19.1. The molecule has 4 aromatic rings. The molecule has 3 aromatic heterocycles. The Bertz CT molecular complexity index is 1110. The van der Waals surface area contributed by atoms with Crippen molar-refractivity contribution in [2.24, 2.45) is 0 Å². The summed E-state index contributed by atoms with van der Waals surface area (Å²) in [6, 6.07) is 13.7. The molecular weight excluding hydrogens is 371 g/mol. The Hall–Kier alpha value is -3.74. The van der Waals surface area contributed by atoms with E-state index in [-0.39, 0.29) is 5.91 Å². The summed E-state index contributed by atoms with van der Waals surface area (Å²) in [5.41, 5.74) is 2.17. The van der Waals surface area contributed by atoms with Gasteiger partial charge in [-0.1, -0.05) is 18.2 Å². The van der Waals surface area contributed by atoms with Crippen LogP contribution in [0.25, 0.3) is 5.69 Å². The number of aromatic nitrogens is 3. The Morgan fingerprint density at radius 1 is 1.10 bits per heavy atom. The van der Waals surface area contributed by atoms with Crippen molar-refractivity contribution >= 4 is 5.91 Å². The summed E-state index contributed by atoms with van der Waals surface area (Å²) >= 11 is 0. The molecule has 3 heterocycles. The van der Waals surface area contributed by atoms with Crippen molar-refractivity contribution in [1.29, 1.82) is 0 Å². The largest absolute Gasteiger partial charge is 0.467 e. The molecule has 0 spiro atoms. The number of carbonyl (C=O) groups is 1. The molecule has 1 aromatic carbocycles. The maximum absolute atomic E-state index is 14.2. The monoisotopic (exact) mass is 390 g/mol. The molecule has 0 fully saturated rings. The van der Waals surface area contributed by atoms with Gasteiger partial charge in [0.25, 0.3) is 5.91 Å². The number of nitrogens with zero attached hydrogens (tertiary/aromatic N) is 4. The van der Waals surface area contributed by atoms with Gasteiger partial charge in [0.1, 0.15) is 17.3 Å². The van der Waals surface area contributed by atoms with E-state index in [9.17, 15) is 9.18 Å². The summed E-state index contributed by atoms with van der Waals surface area (Å²) in [6.07, 6.45) is 6.45. The number of amides is 1. The van der Waals surface area contributed by atoms with Crippen LogP contribution in [0.2, 0.25) is 0 Å². The topological polar surface area (TPSA) is 64.2 Å². The minimum absolute atomic E-state index is 0.217. The zero-order valence-corrected chi connectivity index (χ0v) is 15.8. The summed E-state index contributed by atoms with van der Waals surface area (Å²) in [5.74, 6) is 0.0484. The van der Waals surface area contributed by atoms with Crippen LogP contribution in [0.4, 0.5) is 4.39 Å². The fraction of sp³-hybridized carbons (Fsp3) is 0.136. The third-order valence-corrected chi connectivity index (χ3v) is 4.63. The van der Waals surface area contributed by atoms with Crippen molar-refractivity contribution in [2.45, 2.75) is 20.0 Å². The molecule has 0 atom stereocenters. The summed E-state index contributed by atoms with van der Waals surface area (Å²) in [7, 11) is 0. The van der Waals surface area contributed by atoms with Gasteiger partial charge in [0, 0.05) is 18.9 Å². The highest BCUT2D eigenvalue weighted by Crippen LogP contribution is 2.20. The van der Waals surface area contributed by atoms with Crippen LogP contribution in [-0.4, -0.2) is 25.6 Å². The Labute approximate surface area is 167 Å². The van der Waals surface area contributed by atoms with Crippen LogP contribution in [-0.2, 0) is 13.1 Å². The van der Waals surface area contributed by atoms with E-state index in [2.05, 4.69) is 10.1 Å². The van der Waals surface area contributed by atoms with E-state index in [1.807, 2.05) is 18.2 Å². The van der Waals surface area contributed by atoms with Crippen molar-refractivity contribution in [3.63, 3.8) is 0 Å². The number of halogens is 1. The van der Waals surface area contributed by atoms with Gasteiger partial charge < -0.3 is 9.32 Å². The molecule has 0 aliphatic carbocycles. The van der Waals surface area contributed by atoms with Gasteiger partial charge in [-0.05, 0) is 42.8 Å². The Balaban J connectivity index is 1.66. The Morgan fingerprint density at radius 3 is 2.69 bits per heavy atom. The molecule has 0 radical (unpaired) electrons. The molecule has 4 rings (SSSR count). The lowest BCUT2D eigenvalue weighted by molar-refractivity contribution is 0.0716. The lowest BCUT2D eigenvalue weighted by Crippen LogP contribution is -2.30. The smallest absolute Gasteiger partial charge is 0.258 e. The van der Waals surface area contributed by atoms with Crippen molar-refractivity contribution in [2.75, 3.05) is 0 Å². The van der Waals surface area contributed by atoms with Crippen LogP contribution in [0, 0.1) is 12.7 Å². The Morgan fingerprint density at radius 2 is 1.97 bits per heavy atom. The molecule has 0 saturated heterocycles. The lowest BCUT2D eigenvalue weighted by Gasteiger charge is -2.21. The molecule has 0 N–H and O–H groups in total. The summed E-state index contributed by atoms with van der Waals surface area (Å²) in [6.45, 7) is 2.41. The zero-order chi connectivity index (χ0) is 20.2.